The second kappa shape index (κ2) is 7.80. The van der Waals surface area contributed by atoms with E-state index in [1.54, 1.807) is 24.6 Å². The Hall–Kier alpha value is -2.86. The molecule has 2 heterocycles. The van der Waals surface area contributed by atoms with Gasteiger partial charge in [-0.05, 0) is 42.7 Å². The normalized spacial score (nSPS) is 16.3. The van der Waals surface area contributed by atoms with Gasteiger partial charge in [-0.1, -0.05) is 24.3 Å². The molecule has 6 heteroatoms. The van der Waals surface area contributed by atoms with Crippen molar-refractivity contribution in [2.24, 2.45) is 0 Å². The van der Waals surface area contributed by atoms with Gasteiger partial charge in [-0.2, -0.15) is 0 Å². The number of thiazole rings is 1. The van der Waals surface area contributed by atoms with Crippen LogP contribution in [-0.2, 0) is 0 Å². The van der Waals surface area contributed by atoms with Crippen LogP contribution < -0.4 is 10.1 Å². The van der Waals surface area contributed by atoms with Gasteiger partial charge in [-0.15, -0.1) is 11.3 Å². The molecule has 1 atom stereocenters. The highest BCUT2D eigenvalue weighted by molar-refractivity contribution is 7.13. The Balaban J connectivity index is 1.49. The number of hydrogen-bond acceptors (Lipinski definition) is 4. The zero-order valence-corrected chi connectivity index (χ0v) is 15.9. The van der Waals surface area contributed by atoms with E-state index in [2.05, 4.69) is 10.3 Å². The molecule has 1 N–H and O–H groups in total. The van der Waals surface area contributed by atoms with E-state index in [1.165, 1.54) is 0 Å². The molecular weight excluding hydrogens is 358 g/mol. The summed E-state index contributed by atoms with van der Waals surface area (Å²) in [5.74, 6) is 0.826. The van der Waals surface area contributed by atoms with Crippen molar-refractivity contribution < 1.29 is 9.53 Å². The number of carbonyl (C=O) groups excluding carboxylic acids is 1. The minimum atomic E-state index is -0.0652. The maximum atomic E-state index is 12.9. The van der Waals surface area contributed by atoms with Gasteiger partial charge in [0, 0.05) is 29.4 Å². The van der Waals surface area contributed by atoms with Gasteiger partial charge in [0.1, 0.15) is 10.8 Å². The number of urea groups is 1. The Kier molecular flexibility index (Phi) is 5.07. The zero-order chi connectivity index (χ0) is 18.6. The van der Waals surface area contributed by atoms with Crippen LogP contribution in [0.2, 0.25) is 0 Å². The maximum Gasteiger partial charge on any atom is 0.322 e. The van der Waals surface area contributed by atoms with Crippen molar-refractivity contribution in [1.29, 1.82) is 0 Å². The number of nitrogens with zero attached hydrogens (tertiary/aromatic N) is 2. The van der Waals surface area contributed by atoms with Crippen LogP contribution in [0.5, 0.6) is 5.75 Å². The fraction of sp³-hybridized carbons (Fsp3) is 0.238. The van der Waals surface area contributed by atoms with Crippen LogP contribution in [0.15, 0.2) is 60.1 Å². The Bertz CT molecular complexity index is 909. The first kappa shape index (κ1) is 17.5. The average Bonchev–Trinajstić information content (AvgIpc) is 3.40. The number of likely N-dealkylation sites (tertiary alicyclic amines) is 1. The van der Waals surface area contributed by atoms with Crippen LogP contribution in [0, 0.1) is 0 Å². The lowest BCUT2D eigenvalue weighted by molar-refractivity contribution is 0.207. The number of amides is 2. The molecule has 1 aliphatic rings. The van der Waals surface area contributed by atoms with Gasteiger partial charge in [-0.3, -0.25) is 0 Å². The standard InChI is InChI=1S/C21H21N3O2S/c1-26-18-9-7-15(8-10-18)19-6-3-12-24(19)21(25)23-17-5-2-4-16(14-17)20-22-11-13-27-20/h2,4-5,7-11,13-14,19H,3,6,12H2,1H3,(H,23,25)/t19-/m0/s1. The summed E-state index contributed by atoms with van der Waals surface area (Å²) in [5.41, 5.74) is 2.93. The minimum Gasteiger partial charge on any atom is -0.497 e. The largest absolute Gasteiger partial charge is 0.497 e. The smallest absolute Gasteiger partial charge is 0.322 e. The first-order valence-corrected chi connectivity index (χ1v) is 9.84. The number of nitrogens with one attached hydrogen (secondary N) is 1. The number of benzene rings is 2. The number of methoxy groups -OCH3 is 1. The quantitative estimate of drug-likeness (QED) is 0.679. The van der Waals surface area contributed by atoms with Crippen LogP contribution in [0.4, 0.5) is 10.5 Å². The third-order valence-electron chi connectivity index (χ3n) is 4.81. The van der Waals surface area contributed by atoms with Crippen molar-refractivity contribution in [3.8, 4) is 16.3 Å². The number of aromatic nitrogens is 1. The molecule has 1 aliphatic heterocycles. The van der Waals surface area contributed by atoms with Crippen molar-refractivity contribution in [3.05, 3.63) is 65.7 Å². The third-order valence-corrected chi connectivity index (χ3v) is 5.63. The highest BCUT2D eigenvalue weighted by atomic mass is 32.1. The van der Waals surface area contributed by atoms with E-state index >= 15 is 0 Å². The summed E-state index contributed by atoms with van der Waals surface area (Å²) in [6.07, 6.45) is 3.76. The highest BCUT2D eigenvalue weighted by Crippen LogP contribution is 2.33. The maximum absolute atomic E-state index is 12.9. The van der Waals surface area contributed by atoms with Gasteiger partial charge in [0.25, 0.3) is 0 Å². The SMILES string of the molecule is COc1ccc([C@@H]2CCCN2C(=O)Nc2cccc(-c3nccs3)c2)cc1. The second-order valence-electron chi connectivity index (χ2n) is 6.47. The predicted octanol–water partition coefficient (Wildman–Crippen LogP) is 5.19. The first-order chi connectivity index (χ1) is 13.2. The molecule has 1 aromatic heterocycles. The van der Waals surface area contributed by atoms with Gasteiger partial charge in [-0.25, -0.2) is 9.78 Å². The lowest BCUT2D eigenvalue weighted by Crippen LogP contribution is -2.34. The number of anilines is 1. The molecule has 0 spiro atoms. The molecule has 27 heavy (non-hydrogen) atoms. The molecule has 1 fully saturated rings. The number of ether oxygens (including phenoxy) is 1. The van der Waals surface area contributed by atoms with Crippen LogP contribution in [-0.4, -0.2) is 29.6 Å². The van der Waals surface area contributed by atoms with Crippen LogP contribution in [0.25, 0.3) is 10.6 Å². The molecule has 1 saturated heterocycles. The van der Waals surface area contributed by atoms with Crippen molar-refractivity contribution in [2.75, 3.05) is 19.0 Å². The fourth-order valence-electron chi connectivity index (χ4n) is 3.47. The van der Waals surface area contributed by atoms with Crippen LogP contribution in [0.1, 0.15) is 24.4 Å². The van der Waals surface area contributed by atoms with Crippen LogP contribution in [0.3, 0.4) is 0 Å². The summed E-state index contributed by atoms with van der Waals surface area (Å²) < 4.78 is 5.23. The minimum absolute atomic E-state index is 0.0652. The summed E-state index contributed by atoms with van der Waals surface area (Å²) in [6, 6.07) is 15.8. The summed E-state index contributed by atoms with van der Waals surface area (Å²) in [4.78, 5) is 19.1. The molecule has 0 saturated carbocycles. The molecular formula is C21H21N3O2S. The summed E-state index contributed by atoms with van der Waals surface area (Å²) in [6.45, 7) is 0.759. The van der Waals surface area contributed by atoms with Crippen molar-refractivity contribution >= 4 is 23.1 Å². The average molecular weight is 379 g/mol. The number of hydrogen-bond donors (Lipinski definition) is 1. The van der Waals surface area contributed by atoms with E-state index in [0.717, 1.165) is 47.0 Å². The third kappa shape index (κ3) is 3.80. The van der Waals surface area contributed by atoms with Gasteiger partial charge >= 0.3 is 6.03 Å². The summed E-state index contributed by atoms with van der Waals surface area (Å²) in [7, 11) is 1.66. The van der Waals surface area contributed by atoms with E-state index in [1.807, 2.05) is 58.8 Å². The van der Waals surface area contributed by atoms with Gasteiger partial charge in [0.05, 0.1) is 13.2 Å². The van der Waals surface area contributed by atoms with E-state index in [0.29, 0.717) is 0 Å². The van der Waals surface area contributed by atoms with E-state index in [4.69, 9.17) is 4.74 Å². The van der Waals surface area contributed by atoms with Crippen molar-refractivity contribution in [3.63, 3.8) is 0 Å². The number of carbonyl (C=O) groups is 1. The monoisotopic (exact) mass is 379 g/mol. The summed E-state index contributed by atoms with van der Waals surface area (Å²) >= 11 is 1.59. The second-order valence-corrected chi connectivity index (χ2v) is 7.37. The van der Waals surface area contributed by atoms with E-state index < -0.39 is 0 Å². The van der Waals surface area contributed by atoms with Crippen LogP contribution >= 0.6 is 11.3 Å². The Morgan fingerprint density at radius 3 is 2.85 bits per heavy atom. The van der Waals surface area contributed by atoms with Gasteiger partial charge in [0.15, 0.2) is 0 Å². The Morgan fingerprint density at radius 2 is 2.11 bits per heavy atom. The van der Waals surface area contributed by atoms with E-state index in [9.17, 15) is 4.79 Å². The molecule has 0 bridgehead atoms. The topological polar surface area (TPSA) is 54.5 Å². The van der Waals surface area contributed by atoms with Gasteiger partial charge in [0.2, 0.25) is 0 Å². The molecule has 3 aromatic rings. The first-order valence-electron chi connectivity index (χ1n) is 8.96. The van der Waals surface area contributed by atoms with Crippen molar-refractivity contribution in [1.82, 2.24) is 9.88 Å². The molecule has 0 aliphatic carbocycles. The molecule has 2 aromatic carbocycles. The predicted molar refractivity (Wildman–Crippen MR) is 108 cm³/mol. The molecule has 2 amide bonds. The summed E-state index contributed by atoms with van der Waals surface area (Å²) in [5, 5.41) is 5.94. The highest BCUT2D eigenvalue weighted by Gasteiger charge is 2.30. The molecule has 0 unspecified atom stereocenters. The fourth-order valence-corrected chi connectivity index (χ4v) is 4.11. The Morgan fingerprint density at radius 1 is 1.26 bits per heavy atom. The van der Waals surface area contributed by atoms with Crippen molar-refractivity contribution in [2.45, 2.75) is 18.9 Å². The lowest BCUT2D eigenvalue weighted by Gasteiger charge is -2.25. The Labute approximate surface area is 162 Å². The zero-order valence-electron chi connectivity index (χ0n) is 15.1. The van der Waals surface area contributed by atoms with E-state index in [-0.39, 0.29) is 12.1 Å². The molecule has 4 rings (SSSR count). The molecule has 138 valence electrons. The molecule has 5 nitrogen and oxygen atoms in total. The lowest BCUT2D eigenvalue weighted by atomic mass is 10.0. The number of rotatable bonds is 4. The molecule has 0 radical (unpaired) electrons. The van der Waals surface area contributed by atoms with Gasteiger partial charge < -0.3 is 15.0 Å².